The summed E-state index contributed by atoms with van der Waals surface area (Å²) >= 11 is 0. The van der Waals surface area contributed by atoms with E-state index in [0.29, 0.717) is 19.0 Å². The smallest absolute Gasteiger partial charge is 0.211 e. The predicted molar refractivity (Wildman–Crippen MR) is 74.0 cm³/mol. The quantitative estimate of drug-likeness (QED) is 0.609. The molecule has 0 aliphatic carbocycles. The average molecular weight is 289 g/mol. The number of nitrogens with zero attached hydrogens (tertiary/aromatic N) is 3. The normalized spacial score (nSPS) is 27.4. The van der Waals surface area contributed by atoms with Crippen LogP contribution in [-0.2, 0) is 10.0 Å². The summed E-state index contributed by atoms with van der Waals surface area (Å²) in [6, 6.07) is 0. The number of hydrogen-bond donors (Lipinski definition) is 1. The van der Waals surface area contributed by atoms with Crippen molar-refractivity contribution >= 4 is 15.7 Å². The summed E-state index contributed by atoms with van der Waals surface area (Å²) in [5.41, 5.74) is 0.873. The van der Waals surface area contributed by atoms with Crippen molar-refractivity contribution in [3.05, 3.63) is 0 Å². The highest BCUT2D eigenvalue weighted by molar-refractivity contribution is 7.88. The standard InChI is InChI=1S/C12H23N3O3S/c1-19(17,18)15-6-2-3-11(10-15)9-14-7-4-12(13-16)5-8-14/h11,16H,2-10H2,1H3. The van der Waals surface area contributed by atoms with Gasteiger partial charge in [-0.05, 0) is 18.8 Å². The summed E-state index contributed by atoms with van der Waals surface area (Å²) in [6.07, 6.45) is 4.98. The van der Waals surface area contributed by atoms with E-state index in [1.807, 2.05) is 0 Å². The van der Waals surface area contributed by atoms with Gasteiger partial charge in [-0.25, -0.2) is 12.7 Å². The molecule has 0 aromatic rings. The molecule has 0 aromatic heterocycles. The molecule has 0 bridgehead atoms. The van der Waals surface area contributed by atoms with Gasteiger partial charge in [-0.1, -0.05) is 5.16 Å². The topological polar surface area (TPSA) is 73.2 Å². The zero-order valence-corrected chi connectivity index (χ0v) is 12.3. The molecule has 1 atom stereocenters. The highest BCUT2D eigenvalue weighted by Crippen LogP contribution is 2.21. The maximum absolute atomic E-state index is 11.6. The van der Waals surface area contributed by atoms with Gasteiger partial charge < -0.3 is 10.1 Å². The summed E-state index contributed by atoms with van der Waals surface area (Å²) in [4.78, 5) is 2.35. The van der Waals surface area contributed by atoms with Gasteiger partial charge in [0.25, 0.3) is 0 Å². The van der Waals surface area contributed by atoms with Crippen molar-refractivity contribution in [1.82, 2.24) is 9.21 Å². The molecule has 110 valence electrons. The molecule has 2 fully saturated rings. The molecule has 6 nitrogen and oxygen atoms in total. The molecular weight excluding hydrogens is 266 g/mol. The Hall–Kier alpha value is -0.660. The maximum atomic E-state index is 11.6. The molecule has 2 saturated heterocycles. The van der Waals surface area contributed by atoms with Gasteiger partial charge in [0.15, 0.2) is 0 Å². The van der Waals surface area contributed by atoms with Crippen molar-refractivity contribution in [2.75, 3.05) is 39.0 Å². The van der Waals surface area contributed by atoms with Crippen molar-refractivity contribution in [2.45, 2.75) is 25.7 Å². The number of piperidine rings is 2. The van der Waals surface area contributed by atoms with Crippen LogP contribution in [0.3, 0.4) is 0 Å². The Bertz CT molecular complexity index is 426. The average Bonchev–Trinajstić information content (AvgIpc) is 2.39. The zero-order chi connectivity index (χ0) is 13.9. The Labute approximate surface area is 115 Å². The molecule has 0 aromatic carbocycles. The van der Waals surface area contributed by atoms with Crippen LogP contribution in [0.1, 0.15) is 25.7 Å². The van der Waals surface area contributed by atoms with Crippen molar-refractivity contribution < 1.29 is 13.6 Å². The molecule has 1 unspecified atom stereocenters. The van der Waals surface area contributed by atoms with E-state index in [0.717, 1.165) is 51.0 Å². The monoisotopic (exact) mass is 289 g/mol. The summed E-state index contributed by atoms with van der Waals surface area (Å²) in [5, 5.41) is 12.0. The number of sulfonamides is 1. The molecular formula is C12H23N3O3S. The van der Waals surface area contributed by atoms with Gasteiger partial charge in [-0.15, -0.1) is 0 Å². The van der Waals surface area contributed by atoms with Crippen molar-refractivity contribution in [3.8, 4) is 0 Å². The van der Waals surface area contributed by atoms with Gasteiger partial charge in [-0.2, -0.15) is 0 Å². The van der Waals surface area contributed by atoms with Crippen LogP contribution in [0, 0.1) is 5.92 Å². The highest BCUT2D eigenvalue weighted by Gasteiger charge is 2.27. The molecule has 2 aliphatic heterocycles. The lowest BCUT2D eigenvalue weighted by molar-refractivity contribution is 0.176. The van der Waals surface area contributed by atoms with E-state index in [2.05, 4.69) is 10.1 Å². The Morgan fingerprint density at radius 2 is 2.00 bits per heavy atom. The Morgan fingerprint density at radius 1 is 1.32 bits per heavy atom. The molecule has 7 heteroatoms. The highest BCUT2D eigenvalue weighted by atomic mass is 32.2. The zero-order valence-electron chi connectivity index (χ0n) is 11.5. The van der Waals surface area contributed by atoms with Gasteiger partial charge in [0.1, 0.15) is 0 Å². The van der Waals surface area contributed by atoms with Crippen LogP contribution in [0.2, 0.25) is 0 Å². The number of oxime groups is 1. The fourth-order valence-corrected chi connectivity index (χ4v) is 3.88. The third-order valence-corrected chi connectivity index (χ3v) is 5.31. The van der Waals surface area contributed by atoms with E-state index >= 15 is 0 Å². The summed E-state index contributed by atoms with van der Waals surface area (Å²) in [7, 11) is -3.05. The molecule has 0 spiro atoms. The van der Waals surface area contributed by atoms with Crippen LogP contribution in [0.25, 0.3) is 0 Å². The van der Waals surface area contributed by atoms with Crippen molar-refractivity contribution in [2.24, 2.45) is 11.1 Å². The van der Waals surface area contributed by atoms with Crippen LogP contribution in [0.15, 0.2) is 5.16 Å². The molecule has 2 heterocycles. The van der Waals surface area contributed by atoms with Crippen LogP contribution >= 0.6 is 0 Å². The lowest BCUT2D eigenvalue weighted by Crippen LogP contribution is -2.45. The second-order valence-electron chi connectivity index (χ2n) is 5.60. The van der Waals surface area contributed by atoms with Crippen molar-refractivity contribution in [1.29, 1.82) is 0 Å². The van der Waals surface area contributed by atoms with Crippen molar-refractivity contribution in [3.63, 3.8) is 0 Å². The lowest BCUT2D eigenvalue weighted by atomic mass is 9.97. The molecule has 0 amide bonds. The van der Waals surface area contributed by atoms with Crippen LogP contribution in [-0.4, -0.2) is 67.5 Å². The van der Waals surface area contributed by atoms with E-state index < -0.39 is 10.0 Å². The minimum atomic E-state index is -3.05. The second kappa shape index (κ2) is 6.19. The minimum Gasteiger partial charge on any atom is -0.411 e. The van der Waals surface area contributed by atoms with E-state index in [1.54, 1.807) is 4.31 Å². The third kappa shape index (κ3) is 4.15. The molecule has 2 rings (SSSR count). The SMILES string of the molecule is CS(=O)(=O)N1CCCC(CN2CCC(=NO)CC2)C1. The Morgan fingerprint density at radius 3 is 2.58 bits per heavy atom. The summed E-state index contributed by atoms with van der Waals surface area (Å²) in [6.45, 7) is 4.08. The molecule has 0 saturated carbocycles. The fourth-order valence-electron chi connectivity index (χ4n) is 2.94. The van der Waals surface area contributed by atoms with Gasteiger partial charge in [-0.3, -0.25) is 0 Å². The fraction of sp³-hybridized carbons (Fsp3) is 0.917. The van der Waals surface area contributed by atoms with E-state index in [-0.39, 0.29) is 0 Å². The molecule has 0 radical (unpaired) electrons. The first kappa shape index (κ1) is 14.7. The van der Waals surface area contributed by atoms with E-state index in [1.165, 1.54) is 6.26 Å². The first-order chi connectivity index (χ1) is 8.99. The molecule has 19 heavy (non-hydrogen) atoms. The van der Waals surface area contributed by atoms with Crippen LogP contribution in [0.4, 0.5) is 0 Å². The lowest BCUT2D eigenvalue weighted by Gasteiger charge is -2.35. The Balaban J connectivity index is 1.83. The predicted octanol–water partition coefficient (Wildman–Crippen LogP) is 0.584. The van der Waals surface area contributed by atoms with E-state index in [9.17, 15) is 8.42 Å². The van der Waals surface area contributed by atoms with Crippen LogP contribution < -0.4 is 0 Å². The van der Waals surface area contributed by atoms with Gasteiger partial charge in [0, 0.05) is 45.6 Å². The van der Waals surface area contributed by atoms with Gasteiger partial charge in [0.05, 0.1) is 12.0 Å². The first-order valence-corrected chi connectivity index (χ1v) is 8.71. The van der Waals surface area contributed by atoms with Gasteiger partial charge >= 0.3 is 0 Å². The number of likely N-dealkylation sites (tertiary alicyclic amines) is 1. The number of rotatable bonds is 3. The summed E-state index contributed by atoms with van der Waals surface area (Å²) in [5.74, 6) is 0.427. The Kier molecular flexibility index (Phi) is 4.81. The minimum absolute atomic E-state index is 0.427. The van der Waals surface area contributed by atoms with Crippen LogP contribution in [0.5, 0.6) is 0 Å². The second-order valence-corrected chi connectivity index (χ2v) is 7.58. The van der Waals surface area contributed by atoms with Gasteiger partial charge in [0.2, 0.25) is 10.0 Å². The molecule has 1 N–H and O–H groups in total. The number of hydrogen-bond acceptors (Lipinski definition) is 5. The molecule has 2 aliphatic rings. The first-order valence-electron chi connectivity index (χ1n) is 6.86. The van der Waals surface area contributed by atoms with E-state index in [4.69, 9.17) is 5.21 Å². The largest absolute Gasteiger partial charge is 0.411 e. The third-order valence-electron chi connectivity index (χ3n) is 4.04. The summed E-state index contributed by atoms with van der Waals surface area (Å²) < 4.78 is 24.8. The maximum Gasteiger partial charge on any atom is 0.211 e.